The zero-order valence-electron chi connectivity index (χ0n) is 4.24. The van der Waals surface area contributed by atoms with Gasteiger partial charge >= 0.3 is 0 Å². The van der Waals surface area contributed by atoms with Crippen LogP contribution in [0.4, 0.5) is 0 Å². The van der Waals surface area contributed by atoms with Gasteiger partial charge in [0.25, 0.3) is 0 Å². The second kappa shape index (κ2) is 3.52. The van der Waals surface area contributed by atoms with Crippen LogP contribution in [0.1, 0.15) is 0 Å². The van der Waals surface area contributed by atoms with Gasteiger partial charge in [0.15, 0.2) is 0 Å². The first-order valence-electron chi connectivity index (χ1n) is 2.17. The average molecular weight is 134 g/mol. The van der Waals surface area contributed by atoms with E-state index in [1.54, 1.807) is 18.4 Å². The van der Waals surface area contributed by atoms with Gasteiger partial charge in [-0.3, -0.25) is 0 Å². The van der Waals surface area contributed by atoms with E-state index in [1.807, 2.05) is 6.08 Å². The van der Waals surface area contributed by atoms with Gasteiger partial charge in [0.1, 0.15) is 6.23 Å². The highest BCUT2D eigenvalue weighted by Gasteiger charge is 1.92. The van der Waals surface area contributed by atoms with E-state index in [4.69, 9.17) is 5.11 Å². The quantitative estimate of drug-likeness (QED) is 0.502. The van der Waals surface area contributed by atoms with Crippen LogP contribution in [0.3, 0.4) is 0 Å². The Morgan fingerprint density at radius 3 is 2.38 bits per heavy atom. The molecule has 46 valence electrons. The van der Waals surface area contributed by atoms with E-state index in [0.29, 0.717) is 0 Å². The van der Waals surface area contributed by atoms with Crippen LogP contribution in [0, 0.1) is 0 Å². The minimum atomic E-state index is -0.481. The zero-order valence-corrected chi connectivity index (χ0v) is 5.06. The number of aliphatic hydroxyl groups is 1. The molecule has 1 aliphatic rings. The predicted octanol–water partition coefficient (Wildman–Crippen LogP) is 0.400. The van der Waals surface area contributed by atoms with Crippen molar-refractivity contribution < 1.29 is 5.11 Å². The summed E-state index contributed by atoms with van der Waals surface area (Å²) >= 11 is 0. The molecular formula is C5H8ClNO. The molecule has 0 amide bonds. The molecule has 0 fully saturated rings. The molecule has 2 nitrogen and oxygen atoms in total. The Hall–Kier alpha value is -0.470. The molecule has 0 aromatic rings. The monoisotopic (exact) mass is 133 g/mol. The SMILES string of the molecule is Cl.OC1C=CC=CN1. The Morgan fingerprint density at radius 1 is 1.38 bits per heavy atom. The highest BCUT2D eigenvalue weighted by Crippen LogP contribution is 1.87. The van der Waals surface area contributed by atoms with Crippen LogP contribution in [0.25, 0.3) is 0 Å². The number of halogens is 1. The maximum Gasteiger partial charge on any atom is 0.143 e. The van der Waals surface area contributed by atoms with Crippen molar-refractivity contribution in [2.45, 2.75) is 6.23 Å². The van der Waals surface area contributed by atoms with Gasteiger partial charge in [-0.25, -0.2) is 0 Å². The van der Waals surface area contributed by atoms with Gasteiger partial charge in [0.2, 0.25) is 0 Å². The summed E-state index contributed by atoms with van der Waals surface area (Å²) in [5, 5.41) is 11.3. The molecule has 8 heavy (non-hydrogen) atoms. The standard InChI is InChI=1S/C5H7NO.ClH/c7-5-3-1-2-4-6-5;/h1-7H;1H. The van der Waals surface area contributed by atoms with Crippen molar-refractivity contribution in [3.8, 4) is 0 Å². The summed E-state index contributed by atoms with van der Waals surface area (Å²) in [5.74, 6) is 0. The first kappa shape index (κ1) is 7.53. The summed E-state index contributed by atoms with van der Waals surface area (Å²) < 4.78 is 0. The zero-order chi connectivity index (χ0) is 5.11. The maximum atomic E-state index is 8.66. The molecule has 0 aromatic carbocycles. The van der Waals surface area contributed by atoms with Crippen molar-refractivity contribution in [1.82, 2.24) is 5.32 Å². The fourth-order valence-corrected chi connectivity index (χ4v) is 0.435. The lowest BCUT2D eigenvalue weighted by Gasteiger charge is -2.06. The van der Waals surface area contributed by atoms with Gasteiger partial charge in [0.05, 0.1) is 0 Å². The van der Waals surface area contributed by atoms with E-state index in [9.17, 15) is 0 Å². The summed E-state index contributed by atoms with van der Waals surface area (Å²) in [6.45, 7) is 0. The van der Waals surface area contributed by atoms with E-state index < -0.39 is 6.23 Å². The van der Waals surface area contributed by atoms with E-state index in [1.165, 1.54) is 0 Å². The average Bonchev–Trinajstić information content (AvgIpc) is 1.69. The van der Waals surface area contributed by atoms with Crippen molar-refractivity contribution in [1.29, 1.82) is 0 Å². The van der Waals surface area contributed by atoms with Gasteiger partial charge < -0.3 is 10.4 Å². The highest BCUT2D eigenvalue weighted by atomic mass is 35.5. The number of allylic oxidation sites excluding steroid dienone is 2. The lowest BCUT2D eigenvalue weighted by Crippen LogP contribution is -2.21. The Bertz CT molecular complexity index is 111. The number of hydrogen-bond donors (Lipinski definition) is 2. The second-order valence-corrected chi connectivity index (χ2v) is 1.36. The molecule has 0 radical (unpaired) electrons. The summed E-state index contributed by atoms with van der Waals surface area (Å²) in [5.41, 5.74) is 0. The van der Waals surface area contributed by atoms with E-state index in [0.717, 1.165) is 0 Å². The topological polar surface area (TPSA) is 32.3 Å². The van der Waals surface area contributed by atoms with Crippen molar-refractivity contribution in [2.75, 3.05) is 0 Å². The van der Waals surface area contributed by atoms with Crippen LogP contribution in [-0.2, 0) is 0 Å². The van der Waals surface area contributed by atoms with Gasteiger partial charge in [-0.15, -0.1) is 12.4 Å². The molecule has 0 bridgehead atoms. The molecular weight excluding hydrogens is 126 g/mol. The molecule has 0 saturated heterocycles. The highest BCUT2D eigenvalue weighted by molar-refractivity contribution is 5.85. The van der Waals surface area contributed by atoms with Gasteiger partial charge in [-0.2, -0.15) is 0 Å². The Morgan fingerprint density at radius 2 is 2.12 bits per heavy atom. The van der Waals surface area contributed by atoms with Crippen molar-refractivity contribution in [2.24, 2.45) is 0 Å². The molecule has 0 aliphatic carbocycles. The summed E-state index contributed by atoms with van der Waals surface area (Å²) in [6.07, 6.45) is 6.50. The number of aliphatic hydroxyl groups excluding tert-OH is 1. The summed E-state index contributed by atoms with van der Waals surface area (Å²) in [4.78, 5) is 0. The minimum absolute atomic E-state index is 0. The van der Waals surface area contributed by atoms with Gasteiger partial charge in [-0.05, 0) is 18.4 Å². The Kier molecular flexibility index (Phi) is 3.31. The summed E-state index contributed by atoms with van der Waals surface area (Å²) in [7, 11) is 0. The summed E-state index contributed by atoms with van der Waals surface area (Å²) in [6, 6.07) is 0. The molecule has 1 unspecified atom stereocenters. The molecule has 2 N–H and O–H groups in total. The van der Waals surface area contributed by atoms with Crippen LogP contribution in [0.15, 0.2) is 24.4 Å². The van der Waals surface area contributed by atoms with Gasteiger partial charge in [0, 0.05) is 0 Å². The molecule has 0 spiro atoms. The molecule has 1 aliphatic heterocycles. The van der Waals surface area contributed by atoms with E-state index in [-0.39, 0.29) is 12.4 Å². The second-order valence-electron chi connectivity index (χ2n) is 1.36. The van der Waals surface area contributed by atoms with Crippen LogP contribution in [0.2, 0.25) is 0 Å². The third kappa shape index (κ3) is 2.00. The smallest absolute Gasteiger partial charge is 0.143 e. The first-order chi connectivity index (χ1) is 3.39. The predicted molar refractivity (Wildman–Crippen MR) is 34.7 cm³/mol. The van der Waals surface area contributed by atoms with E-state index in [2.05, 4.69) is 5.32 Å². The molecule has 1 atom stereocenters. The fraction of sp³-hybridized carbons (Fsp3) is 0.200. The molecule has 1 rings (SSSR count). The number of hydrogen-bond acceptors (Lipinski definition) is 2. The van der Waals surface area contributed by atoms with E-state index >= 15 is 0 Å². The molecule has 3 heteroatoms. The number of rotatable bonds is 0. The third-order valence-electron chi connectivity index (χ3n) is 0.768. The Labute approximate surface area is 54.3 Å². The number of dihydropyridines is 1. The van der Waals surface area contributed by atoms with Crippen molar-refractivity contribution >= 4 is 12.4 Å². The number of nitrogens with one attached hydrogen (secondary N) is 1. The normalized spacial score (nSPS) is 23.9. The van der Waals surface area contributed by atoms with Gasteiger partial charge in [-0.1, -0.05) is 6.08 Å². The molecule has 0 aromatic heterocycles. The fourth-order valence-electron chi connectivity index (χ4n) is 0.435. The first-order valence-corrected chi connectivity index (χ1v) is 2.17. The lowest BCUT2D eigenvalue weighted by molar-refractivity contribution is 0.201. The van der Waals surface area contributed by atoms with Crippen LogP contribution >= 0.6 is 12.4 Å². The van der Waals surface area contributed by atoms with Crippen LogP contribution in [0.5, 0.6) is 0 Å². The lowest BCUT2D eigenvalue weighted by atomic mass is 10.4. The van der Waals surface area contributed by atoms with Crippen LogP contribution < -0.4 is 5.32 Å². The molecule has 1 heterocycles. The maximum absolute atomic E-state index is 8.66. The van der Waals surface area contributed by atoms with Crippen LogP contribution in [-0.4, -0.2) is 11.3 Å². The third-order valence-corrected chi connectivity index (χ3v) is 0.768. The van der Waals surface area contributed by atoms with Crippen molar-refractivity contribution in [3.63, 3.8) is 0 Å². The minimum Gasteiger partial charge on any atom is -0.370 e. The molecule has 0 saturated carbocycles. The Balaban J connectivity index is 0.000000490. The van der Waals surface area contributed by atoms with Crippen molar-refractivity contribution in [3.05, 3.63) is 24.4 Å². The largest absolute Gasteiger partial charge is 0.370 e.